The van der Waals surface area contributed by atoms with Crippen LogP contribution in [0.15, 0.2) is 24.3 Å². The lowest BCUT2D eigenvalue weighted by Crippen LogP contribution is -2.41. The Balaban J connectivity index is 1.87. The molecule has 1 atom stereocenters. The van der Waals surface area contributed by atoms with E-state index in [1.54, 1.807) is 0 Å². The van der Waals surface area contributed by atoms with Gasteiger partial charge in [0, 0.05) is 12.1 Å². The number of carbonyl (C=O) groups excluding carboxylic acids is 1. The summed E-state index contributed by atoms with van der Waals surface area (Å²) in [6, 6.07) is 4.85. The highest BCUT2D eigenvalue weighted by atomic mass is 19.4. The van der Waals surface area contributed by atoms with Gasteiger partial charge in [-0.25, -0.2) is 0 Å². The molecule has 2 rings (SSSR count). The maximum Gasteiger partial charge on any atom is 0.416 e. The molecular formula is C17H19F3N2O. The molecule has 0 saturated carbocycles. The zero-order chi connectivity index (χ0) is 16.9. The standard InChI is InChI=1S/C17H19F3N2O/c1-22-10-4-7-14(12-22)16(23)21-9-3-6-13-5-2-8-15(11-13)17(18,19)20/h2,5,8,11,14H,4,7,9-10,12H2,1H3,(H,21,23). The number of likely N-dealkylation sites (tertiary alicyclic amines) is 1. The molecule has 0 aromatic heterocycles. The number of amides is 1. The first-order valence-electron chi connectivity index (χ1n) is 7.48. The molecule has 1 heterocycles. The lowest BCUT2D eigenvalue weighted by Gasteiger charge is -2.28. The molecule has 3 nitrogen and oxygen atoms in total. The molecule has 1 saturated heterocycles. The van der Waals surface area contributed by atoms with E-state index in [2.05, 4.69) is 22.1 Å². The molecule has 0 aliphatic carbocycles. The molecule has 0 radical (unpaired) electrons. The molecule has 0 bridgehead atoms. The zero-order valence-electron chi connectivity index (χ0n) is 12.9. The van der Waals surface area contributed by atoms with Crippen molar-refractivity contribution in [3.8, 4) is 11.8 Å². The molecule has 1 aliphatic heterocycles. The van der Waals surface area contributed by atoms with Gasteiger partial charge < -0.3 is 10.2 Å². The first-order valence-corrected chi connectivity index (χ1v) is 7.48. The number of nitrogens with zero attached hydrogens (tertiary/aromatic N) is 1. The Bertz CT molecular complexity index is 616. The van der Waals surface area contributed by atoms with E-state index < -0.39 is 11.7 Å². The molecule has 1 aromatic carbocycles. The van der Waals surface area contributed by atoms with Gasteiger partial charge in [-0.05, 0) is 44.6 Å². The van der Waals surface area contributed by atoms with Gasteiger partial charge in [0.05, 0.1) is 18.0 Å². The third-order valence-corrected chi connectivity index (χ3v) is 3.77. The lowest BCUT2D eigenvalue weighted by atomic mass is 9.98. The number of alkyl halides is 3. The second kappa shape index (κ2) is 7.51. The zero-order valence-corrected chi connectivity index (χ0v) is 12.9. The summed E-state index contributed by atoms with van der Waals surface area (Å²) in [5.41, 5.74) is -0.440. The molecule has 1 aromatic rings. The molecule has 23 heavy (non-hydrogen) atoms. The quantitative estimate of drug-likeness (QED) is 0.848. The smallest absolute Gasteiger partial charge is 0.345 e. The van der Waals surface area contributed by atoms with Gasteiger partial charge in [0.15, 0.2) is 0 Å². The third kappa shape index (κ3) is 5.29. The van der Waals surface area contributed by atoms with Gasteiger partial charge in [0.25, 0.3) is 0 Å². The monoisotopic (exact) mass is 324 g/mol. The second-order valence-corrected chi connectivity index (χ2v) is 5.70. The van der Waals surface area contributed by atoms with Crippen LogP contribution in [0.25, 0.3) is 0 Å². The number of hydrogen-bond acceptors (Lipinski definition) is 2. The van der Waals surface area contributed by atoms with E-state index in [1.807, 2.05) is 7.05 Å². The van der Waals surface area contributed by atoms with Crippen molar-refractivity contribution in [2.24, 2.45) is 5.92 Å². The fourth-order valence-electron chi connectivity index (χ4n) is 2.58. The van der Waals surface area contributed by atoms with Crippen molar-refractivity contribution >= 4 is 5.91 Å². The van der Waals surface area contributed by atoms with Crippen LogP contribution in [-0.4, -0.2) is 37.5 Å². The Morgan fingerprint density at radius 2 is 2.22 bits per heavy atom. The molecule has 6 heteroatoms. The molecule has 1 amide bonds. The lowest BCUT2D eigenvalue weighted by molar-refractivity contribution is -0.137. The van der Waals surface area contributed by atoms with Crippen molar-refractivity contribution in [3.63, 3.8) is 0 Å². The summed E-state index contributed by atoms with van der Waals surface area (Å²) in [6.45, 7) is 1.86. The largest absolute Gasteiger partial charge is 0.416 e. The van der Waals surface area contributed by atoms with Crippen molar-refractivity contribution < 1.29 is 18.0 Å². The van der Waals surface area contributed by atoms with Crippen molar-refractivity contribution in [2.75, 3.05) is 26.7 Å². The Kier molecular flexibility index (Phi) is 5.67. The normalized spacial score (nSPS) is 18.9. The summed E-state index contributed by atoms with van der Waals surface area (Å²) in [6.07, 6.45) is -2.53. The molecule has 0 spiro atoms. The Morgan fingerprint density at radius 1 is 1.43 bits per heavy atom. The van der Waals surface area contributed by atoms with E-state index in [1.165, 1.54) is 12.1 Å². The number of nitrogens with one attached hydrogen (secondary N) is 1. The Morgan fingerprint density at radius 3 is 2.91 bits per heavy atom. The fourth-order valence-corrected chi connectivity index (χ4v) is 2.58. The minimum absolute atomic E-state index is 0.0379. The topological polar surface area (TPSA) is 32.3 Å². The second-order valence-electron chi connectivity index (χ2n) is 5.70. The Hall–Kier alpha value is -2.00. The van der Waals surface area contributed by atoms with Crippen LogP contribution >= 0.6 is 0 Å². The van der Waals surface area contributed by atoms with Crippen LogP contribution in [0.2, 0.25) is 0 Å². The van der Waals surface area contributed by atoms with Gasteiger partial charge in [0.2, 0.25) is 5.91 Å². The highest BCUT2D eigenvalue weighted by molar-refractivity contribution is 5.79. The highest BCUT2D eigenvalue weighted by Crippen LogP contribution is 2.29. The maximum atomic E-state index is 12.6. The summed E-state index contributed by atoms with van der Waals surface area (Å²) in [5, 5.41) is 2.73. The van der Waals surface area contributed by atoms with Gasteiger partial charge in [-0.3, -0.25) is 4.79 Å². The highest BCUT2D eigenvalue weighted by Gasteiger charge is 2.30. The molecule has 1 unspecified atom stereocenters. The van der Waals surface area contributed by atoms with Gasteiger partial charge in [-0.15, -0.1) is 0 Å². The maximum absolute atomic E-state index is 12.6. The predicted octanol–water partition coefficient (Wildman–Crippen LogP) is 2.51. The van der Waals surface area contributed by atoms with Crippen LogP contribution in [0.1, 0.15) is 24.0 Å². The van der Waals surface area contributed by atoms with Crippen LogP contribution in [0.3, 0.4) is 0 Å². The van der Waals surface area contributed by atoms with Gasteiger partial charge in [-0.1, -0.05) is 17.9 Å². The van der Waals surface area contributed by atoms with E-state index in [0.717, 1.165) is 38.1 Å². The predicted molar refractivity (Wildman–Crippen MR) is 81.6 cm³/mol. The summed E-state index contributed by atoms with van der Waals surface area (Å²) in [4.78, 5) is 14.1. The first-order chi connectivity index (χ1) is 10.9. The first kappa shape index (κ1) is 17.4. The third-order valence-electron chi connectivity index (χ3n) is 3.77. The van der Waals surface area contributed by atoms with E-state index >= 15 is 0 Å². The van der Waals surface area contributed by atoms with Crippen LogP contribution in [-0.2, 0) is 11.0 Å². The van der Waals surface area contributed by atoms with E-state index in [0.29, 0.717) is 0 Å². The number of benzene rings is 1. The van der Waals surface area contributed by atoms with Crippen LogP contribution < -0.4 is 5.32 Å². The minimum atomic E-state index is -4.38. The number of halogens is 3. The molecule has 1 N–H and O–H groups in total. The van der Waals surface area contributed by atoms with Crippen molar-refractivity contribution in [1.29, 1.82) is 0 Å². The summed E-state index contributed by atoms with van der Waals surface area (Å²) in [5.74, 6) is 5.26. The van der Waals surface area contributed by atoms with Crippen molar-refractivity contribution in [2.45, 2.75) is 19.0 Å². The van der Waals surface area contributed by atoms with Gasteiger partial charge in [0.1, 0.15) is 0 Å². The van der Waals surface area contributed by atoms with Crippen molar-refractivity contribution in [3.05, 3.63) is 35.4 Å². The summed E-state index contributed by atoms with van der Waals surface area (Å²) < 4.78 is 37.8. The number of rotatable bonds is 2. The number of piperidine rings is 1. The summed E-state index contributed by atoms with van der Waals surface area (Å²) in [7, 11) is 1.98. The number of carbonyl (C=O) groups is 1. The average Bonchev–Trinajstić information content (AvgIpc) is 2.51. The van der Waals surface area contributed by atoms with E-state index in [4.69, 9.17) is 0 Å². The van der Waals surface area contributed by atoms with E-state index in [-0.39, 0.29) is 23.9 Å². The molecule has 1 aliphatic rings. The molecule has 124 valence electrons. The minimum Gasteiger partial charge on any atom is -0.345 e. The number of hydrogen-bond donors (Lipinski definition) is 1. The van der Waals surface area contributed by atoms with Crippen LogP contribution in [0, 0.1) is 17.8 Å². The van der Waals surface area contributed by atoms with Gasteiger partial charge >= 0.3 is 6.18 Å². The summed E-state index contributed by atoms with van der Waals surface area (Å²) >= 11 is 0. The van der Waals surface area contributed by atoms with E-state index in [9.17, 15) is 18.0 Å². The Labute approximate surface area is 133 Å². The van der Waals surface area contributed by atoms with Gasteiger partial charge in [-0.2, -0.15) is 13.2 Å². The van der Waals surface area contributed by atoms with Crippen LogP contribution in [0.4, 0.5) is 13.2 Å². The van der Waals surface area contributed by atoms with Crippen LogP contribution in [0.5, 0.6) is 0 Å². The SMILES string of the molecule is CN1CCCC(C(=O)NCC#Cc2cccc(C(F)(F)F)c2)C1. The van der Waals surface area contributed by atoms with Crippen molar-refractivity contribution in [1.82, 2.24) is 10.2 Å². The average molecular weight is 324 g/mol. The molecular weight excluding hydrogens is 305 g/mol. The fraction of sp³-hybridized carbons (Fsp3) is 0.471. The molecule has 1 fully saturated rings.